The Balaban J connectivity index is 2.06. The molecule has 0 aliphatic rings. The predicted octanol–water partition coefficient (Wildman–Crippen LogP) is 3.77. The zero-order chi connectivity index (χ0) is 16.8. The van der Waals surface area contributed by atoms with Crippen molar-refractivity contribution in [2.45, 2.75) is 0 Å². The first-order valence-corrected chi connectivity index (χ1v) is 7.31. The molecular weight excluding hydrogens is 339 g/mol. The molecule has 1 amide bonds. The van der Waals surface area contributed by atoms with Crippen LogP contribution in [0.1, 0.15) is 15.9 Å². The van der Waals surface area contributed by atoms with E-state index >= 15 is 0 Å². The van der Waals surface area contributed by atoms with Crippen LogP contribution in [0, 0.1) is 0 Å². The molecule has 0 spiro atoms. The van der Waals surface area contributed by atoms with Crippen molar-refractivity contribution in [1.82, 2.24) is 5.43 Å². The standard InChI is InChI=1S/C16H14Cl2N2O3/c1-22-14-6-3-10(7-15(14)23-2)9-19-20-16(21)11-4-5-12(17)13(18)8-11/h3-9H,1-2H3,(H,20,21). The minimum atomic E-state index is -0.389. The van der Waals surface area contributed by atoms with Crippen LogP contribution in [-0.4, -0.2) is 26.3 Å². The summed E-state index contributed by atoms with van der Waals surface area (Å²) in [7, 11) is 3.11. The van der Waals surface area contributed by atoms with Crippen LogP contribution in [0.4, 0.5) is 0 Å². The molecule has 0 atom stereocenters. The Kier molecular flexibility index (Phi) is 5.84. The van der Waals surface area contributed by atoms with Gasteiger partial charge in [0.1, 0.15) is 0 Å². The Hall–Kier alpha value is -2.24. The highest BCUT2D eigenvalue weighted by Gasteiger charge is 2.07. The molecule has 0 saturated heterocycles. The third-order valence-electron chi connectivity index (χ3n) is 2.97. The second kappa shape index (κ2) is 7.85. The highest BCUT2D eigenvalue weighted by Crippen LogP contribution is 2.26. The fourth-order valence-corrected chi connectivity index (χ4v) is 2.10. The summed E-state index contributed by atoms with van der Waals surface area (Å²) in [6.07, 6.45) is 1.50. The fraction of sp³-hybridized carbons (Fsp3) is 0.125. The van der Waals surface area contributed by atoms with Crippen LogP contribution < -0.4 is 14.9 Å². The number of carbonyl (C=O) groups excluding carboxylic acids is 1. The van der Waals surface area contributed by atoms with E-state index in [1.807, 2.05) is 0 Å². The van der Waals surface area contributed by atoms with Crippen LogP contribution in [0.5, 0.6) is 11.5 Å². The van der Waals surface area contributed by atoms with E-state index in [1.165, 1.54) is 12.3 Å². The van der Waals surface area contributed by atoms with Crippen LogP contribution in [0.15, 0.2) is 41.5 Å². The van der Waals surface area contributed by atoms with Gasteiger partial charge in [0, 0.05) is 5.56 Å². The van der Waals surface area contributed by atoms with E-state index in [9.17, 15) is 4.79 Å². The first-order valence-electron chi connectivity index (χ1n) is 6.55. The molecule has 120 valence electrons. The predicted molar refractivity (Wildman–Crippen MR) is 91.1 cm³/mol. The van der Waals surface area contributed by atoms with Crippen molar-refractivity contribution in [3.05, 3.63) is 57.6 Å². The third kappa shape index (κ3) is 4.37. The van der Waals surface area contributed by atoms with Crippen molar-refractivity contribution in [3.63, 3.8) is 0 Å². The van der Waals surface area contributed by atoms with Gasteiger partial charge in [0.2, 0.25) is 0 Å². The van der Waals surface area contributed by atoms with Crippen LogP contribution >= 0.6 is 23.2 Å². The van der Waals surface area contributed by atoms with Gasteiger partial charge in [-0.25, -0.2) is 5.43 Å². The number of hydrazone groups is 1. The number of hydrogen-bond donors (Lipinski definition) is 1. The lowest BCUT2D eigenvalue weighted by Crippen LogP contribution is -2.17. The van der Waals surface area contributed by atoms with Gasteiger partial charge in [-0.1, -0.05) is 23.2 Å². The Morgan fingerprint density at radius 2 is 1.78 bits per heavy atom. The molecule has 2 rings (SSSR count). The summed E-state index contributed by atoms with van der Waals surface area (Å²) in [5.41, 5.74) is 3.53. The number of carbonyl (C=O) groups is 1. The second-order valence-corrected chi connectivity index (χ2v) is 5.26. The first-order chi connectivity index (χ1) is 11.0. The average molecular weight is 353 g/mol. The number of nitrogens with one attached hydrogen (secondary N) is 1. The van der Waals surface area contributed by atoms with Crippen molar-refractivity contribution in [3.8, 4) is 11.5 Å². The van der Waals surface area contributed by atoms with Gasteiger partial charge in [0.05, 0.1) is 30.5 Å². The summed E-state index contributed by atoms with van der Waals surface area (Å²) in [6.45, 7) is 0. The summed E-state index contributed by atoms with van der Waals surface area (Å²) < 4.78 is 10.3. The van der Waals surface area contributed by atoms with Gasteiger partial charge in [0.25, 0.3) is 5.91 Å². The third-order valence-corrected chi connectivity index (χ3v) is 3.71. The summed E-state index contributed by atoms with van der Waals surface area (Å²) in [5.74, 6) is 0.803. The normalized spacial score (nSPS) is 10.6. The molecule has 2 aromatic rings. The zero-order valence-corrected chi connectivity index (χ0v) is 14.0. The molecule has 0 heterocycles. The van der Waals surface area contributed by atoms with E-state index < -0.39 is 0 Å². The summed E-state index contributed by atoms with van der Waals surface area (Å²) >= 11 is 11.7. The molecule has 0 bridgehead atoms. The van der Waals surface area contributed by atoms with Gasteiger partial charge in [-0.3, -0.25) is 4.79 Å². The van der Waals surface area contributed by atoms with Gasteiger partial charge in [-0.15, -0.1) is 0 Å². The number of rotatable bonds is 5. The van der Waals surface area contributed by atoms with Crippen LogP contribution in [0.25, 0.3) is 0 Å². The SMILES string of the molecule is COc1ccc(C=NNC(=O)c2ccc(Cl)c(Cl)c2)cc1OC. The number of nitrogens with zero attached hydrogens (tertiary/aromatic N) is 1. The maximum atomic E-state index is 12.0. The molecule has 2 aromatic carbocycles. The number of amides is 1. The molecule has 5 nitrogen and oxygen atoms in total. The maximum Gasteiger partial charge on any atom is 0.271 e. The Morgan fingerprint density at radius 1 is 1.04 bits per heavy atom. The molecule has 7 heteroatoms. The number of methoxy groups -OCH3 is 2. The minimum Gasteiger partial charge on any atom is -0.493 e. The highest BCUT2D eigenvalue weighted by atomic mass is 35.5. The molecule has 0 radical (unpaired) electrons. The molecule has 0 saturated carbocycles. The maximum absolute atomic E-state index is 12.0. The zero-order valence-electron chi connectivity index (χ0n) is 12.5. The fourth-order valence-electron chi connectivity index (χ4n) is 1.80. The van der Waals surface area contributed by atoms with E-state index in [1.54, 1.807) is 44.6 Å². The molecule has 0 aromatic heterocycles. The molecule has 1 N–H and O–H groups in total. The van der Waals surface area contributed by atoms with E-state index in [0.29, 0.717) is 27.1 Å². The smallest absolute Gasteiger partial charge is 0.271 e. The lowest BCUT2D eigenvalue weighted by molar-refractivity contribution is 0.0955. The van der Waals surface area contributed by atoms with Crippen molar-refractivity contribution in [2.24, 2.45) is 5.10 Å². The second-order valence-electron chi connectivity index (χ2n) is 4.44. The van der Waals surface area contributed by atoms with Gasteiger partial charge >= 0.3 is 0 Å². The Bertz CT molecular complexity index is 748. The van der Waals surface area contributed by atoms with E-state index in [0.717, 1.165) is 5.56 Å². The topological polar surface area (TPSA) is 59.9 Å². The van der Waals surface area contributed by atoms with E-state index in [4.69, 9.17) is 32.7 Å². The quantitative estimate of drug-likeness (QED) is 0.658. The Morgan fingerprint density at radius 3 is 2.43 bits per heavy atom. The van der Waals surface area contributed by atoms with Crippen molar-refractivity contribution in [1.29, 1.82) is 0 Å². The molecule has 23 heavy (non-hydrogen) atoms. The lowest BCUT2D eigenvalue weighted by Gasteiger charge is -2.07. The van der Waals surface area contributed by atoms with Crippen molar-refractivity contribution < 1.29 is 14.3 Å². The number of ether oxygens (including phenoxy) is 2. The molecule has 0 unspecified atom stereocenters. The number of hydrogen-bond acceptors (Lipinski definition) is 4. The molecule has 0 aliphatic heterocycles. The summed E-state index contributed by atoms with van der Waals surface area (Å²) in [4.78, 5) is 12.0. The first kappa shape index (κ1) is 17.1. The molecule has 0 aliphatic carbocycles. The number of halogens is 2. The van der Waals surface area contributed by atoms with Crippen LogP contribution in [0.3, 0.4) is 0 Å². The van der Waals surface area contributed by atoms with Crippen LogP contribution in [-0.2, 0) is 0 Å². The van der Waals surface area contributed by atoms with E-state index in [-0.39, 0.29) is 5.91 Å². The minimum absolute atomic E-state index is 0.309. The van der Waals surface area contributed by atoms with Gasteiger partial charge in [-0.2, -0.15) is 5.10 Å². The van der Waals surface area contributed by atoms with Gasteiger partial charge in [0.15, 0.2) is 11.5 Å². The average Bonchev–Trinajstić information content (AvgIpc) is 2.57. The number of benzene rings is 2. The molecule has 0 fully saturated rings. The van der Waals surface area contributed by atoms with Crippen molar-refractivity contribution >= 4 is 35.3 Å². The summed E-state index contributed by atoms with van der Waals surface area (Å²) in [6, 6.07) is 9.88. The van der Waals surface area contributed by atoms with Crippen molar-refractivity contribution in [2.75, 3.05) is 14.2 Å². The summed E-state index contributed by atoms with van der Waals surface area (Å²) in [5, 5.41) is 4.60. The highest BCUT2D eigenvalue weighted by molar-refractivity contribution is 6.42. The largest absolute Gasteiger partial charge is 0.493 e. The molecular formula is C16H14Cl2N2O3. The van der Waals surface area contributed by atoms with Crippen LogP contribution in [0.2, 0.25) is 10.0 Å². The van der Waals surface area contributed by atoms with Gasteiger partial charge < -0.3 is 9.47 Å². The Labute approximate surface area is 143 Å². The van der Waals surface area contributed by atoms with E-state index in [2.05, 4.69) is 10.5 Å². The lowest BCUT2D eigenvalue weighted by atomic mass is 10.2. The monoisotopic (exact) mass is 352 g/mol. The van der Waals surface area contributed by atoms with Gasteiger partial charge in [-0.05, 0) is 42.0 Å².